The summed E-state index contributed by atoms with van der Waals surface area (Å²) in [5.74, 6) is -1.65. The Morgan fingerprint density at radius 1 is 1.07 bits per heavy atom. The molecule has 13 atom stereocenters. The number of aliphatic hydroxyl groups is 3. The summed E-state index contributed by atoms with van der Waals surface area (Å²) in [5.41, 5.74) is -3.07. The number of aliphatic hydroxyl groups excluding tert-OH is 2. The third kappa shape index (κ3) is 12.5. The molecule has 4 rings (SSSR count). The number of hydrogen-bond acceptors (Lipinski definition) is 14. The maximum absolute atomic E-state index is 14.1. The molecule has 0 aromatic heterocycles. The molecule has 0 bridgehead atoms. The van der Waals surface area contributed by atoms with Crippen LogP contribution in [0.5, 0.6) is 0 Å². The van der Waals surface area contributed by atoms with Crippen molar-refractivity contribution < 1.29 is 61.7 Å². The molecule has 3 fully saturated rings. The number of carbonyl (C=O) groups excluding carboxylic acids is 2. The van der Waals surface area contributed by atoms with Crippen molar-refractivity contribution in [2.45, 2.75) is 170 Å². The van der Waals surface area contributed by atoms with Gasteiger partial charge in [0, 0.05) is 44.0 Å². The Kier molecular flexibility index (Phi) is 17.2. The largest absolute Gasteiger partial charge is 0.459 e. The summed E-state index contributed by atoms with van der Waals surface area (Å²) in [4.78, 5) is 30.8. The first-order valence-corrected chi connectivity index (χ1v) is 22.2. The van der Waals surface area contributed by atoms with E-state index >= 15 is 0 Å². The molecule has 1 aromatic carbocycles. The molecule has 18 heteroatoms. The van der Waals surface area contributed by atoms with Crippen molar-refractivity contribution in [1.82, 2.24) is 14.5 Å². The lowest BCUT2D eigenvalue weighted by atomic mass is 9.88. The molecule has 3 aliphatic rings. The standard InChI is InChI=1S/C40H66ClN3O13S/c1-10-33-40(6,49)32(45)23-44(38(48)42-58(50,51)30-16-13-14-27(41)19-30)17-12-11-15-29(55-34-20-28(43(7)8)18-24(2)53-34)21-31(25(3)37(47)57-33)56-35-22-39(5,52-9)36(46)26(4)54-35/h13-14,16,19,24-26,28-29,31-36,45-46,49H,10-12,15,17-18,20-23H2,1-9H3,(H,42,48)/t24-,25-,26+,28-,29+,31+,32-,33-,34+,35-,36+,39-,40+/m1/s1. The van der Waals surface area contributed by atoms with Crippen LogP contribution in [0.1, 0.15) is 92.9 Å². The number of carbonyl (C=O) groups is 2. The van der Waals surface area contributed by atoms with E-state index in [4.69, 9.17) is 40.0 Å². The molecular formula is C40H66ClN3O13S. The summed E-state index contributed by atoms with van der Waals surface area (Å²) >= 11 is 6.03. The van der Waals surface area contributed by atoms with E-state index in [9.17, 15) is 33.3 Å². The molecule has 0 unspecified atom stereocenters. The van der Waals surface area contributed by atoms with Gasteiger partial charge in [-0.3, -0.25) is 4.79 Å². The first-order valence-electron chi connectivity index (χ1n) is 20.3. The third-order valence-electron chi connectivity index (χ3n) is 11.9. The molecule has 58 heavy (non-hydrogen) atoms. The lowest BCUT2D eigenvalue weighted by Crippen LogP contribution is -2.58. The SMILES string of the molecule is CC[C@H]1OC(=O)[C@H](C)[C@@H](O[C@@H]2C[C@@](C)(OC)[C@@H](O)[C@H](C)O2)C[C@@H](O[C@H]2C[C@H](N(C)C)C[C@@H](C)O2)CCCCN(C(=O)NS(=O)(=O)c2cccc(Cl)c2)C[C@@H](O)[C@]1(C)O. The molecular weight excluding hydrogens is 798 g/mol. The summed E-state index contributed by atoms with van der Waals surface area (Å²) in [6.45, 7) is 9.63. The van der Waals surface area contributed by atoms with Crippen molar-refractivity contribution in [1.29, 1.82) is 0 Å². The first kappa shape index (κ1) is 48.5. The smallest absolute Gasteiger partial charge is 0.331 e. The summed E-state index contributed by atoms with van der Waals surface area (Å²) in [7, 11) is 1.16. The Labute approximate surface area is 348 Å². The molecule has 0 spiro atoms. The number of β-amino-alcohol motifs (C(OH)–C–C–N with tert-alkyl or cyclic N) is 1. The zero-order valence-electron chi connectivity index (χ0n) is 35.3. The second-order valence-electron chi connectivity index (χ2n) is 16.7. The van der Waals surface area contributed by atoms with Crippen LogP contribution >= 0.6 is 11.6 Å². The van der Waals surface area contributed by atoms with Gasteiger partial charge >= 0.3 is 12.0 Å². The van der Waals surface area contributed by atoms with Crippen molar-refractivity contribution >= 4 is 33.6 Å². The number of amides is 2. The number of ether oxygens (including phenoxy) is 6. The molecule has 332 valence electrons. The quantitative estimate of drug-likeness (QED) is 0.261. The van der Waals surface area contributed by atoms with Crippen molar-refractivity contribution in [3.8, 4) is 0 Å². The van der Waals surface area contributed by atoms with Gasteiger partial charge in [-0.05, 0) is 99.0 Å². The molecule has 3 aliphatic heterocycles. The molecule has 0 radical (unpaired) electrons. The predicted octanol–water partition coefficient (Wildman–Crippen LogP) is 3.81. The van der Waals surface area contributed by atoms with E-state index in [0.717, 1.165) is 11.3 Å². The maximum Gasteiger partial charge on any atom is 0.331 e. The van der Waals surface area contributed by atoms with Gasteiger partial charge in [0.1, 0.15) is 23.9 Å². The van der Waals surface area contributed by atoms with Crippen LogP contribution in [0.2, 0.25) is 5.02 Å². The van der Waals surface area contributed by atoms with Crippen LogP contribution in [0.15, 0.2) is 29.2 Å². The van der Waals surface area contributed by atoms with Crippen LogP contribution in [-0.2, 0) is 43.2 Å². The number of esters is 1. The third-order valence-corrected chi connectivity index (χ3v) is 13.5. The number of halogens is 1. The fraction of sp³-hybridized carbons (Fsp3) is 0.800. The fourth-order valence-corrected chi connectivity index (χ4v) is 9.18. The average Bonchev–Trinajstić information content (AvgIpc) is 3.15. The maximum atomic E-state index is 14.1. The minimum atomic E-state index is -4.37. The first-order chi connectivity index (χ1) is 27.1. The fourth-order valence-electron chi connectivity index (χ4n) is 7.91. The van der Waals surface area contributed by atoms with Crippen LogP contribution in [-0.4, -0.2) is 152 Å². The van der Waals surface area contributed by atoms with E-state index in [1.165, 1.54) is 38.3 Å². The zero-order valence-corrected chi connectivity index (χ0v) is 36.9. The van der Waals surface area contributed by atoms with Gasteiger partial charge in [-0.1, -0.05) is 24.6 Å². The molecule has 3 saturated heterocycles. The van der Waals surface area contributed by atoms with Crippen molar-refractivity contribution in [3.05, 3.63) is 29.3 Å². The minimum Gasteiger partial charge on any atom is -0.459 e. The van der Waals surface area contributed by atoms with Crippen LogP contribution in [0.25, 0.3) is 0 Å². The van der Waals surface area contributed by atoms with Gasteiger partial charge in [0.15, 0.2) is 12.6 Å². The Morgan fingerprint density at radius 2 is 1.78 bits per heavy atom. The Balaban J connectivity index is 1.68. The molecule has 4 N–H and O–H groups in total. The molecule has 3 heterocycles. The molecule has 0 aliphatic carbocycles. The van der Waals surface area contributed by atoms with Gasteiger partial charge in [-0.15, -0.1) is 0 Å². The van der Waals surface area contributed by atoms with Crippen molar-refractivity contribution in [2.24, 2.45) is 5.92 Å². The zero-order chi connectivity index (χ0) is 43.2. The number of urea groups is 1. The highest BCUT2D eigenvalue weighted by atomic mass is 35.5. The second kappa shape index (κ2) is 20.6. The van der Waals surface area contributed by atoms with E-state index in [2.05, 4.69) is 9.62 Å². The van der Waals surface area contributed by atoms with E-state index in [0.29, 0.717) is 25.7 Å². The highest BCUT2D eigenvalue weighted by molar-refractivity contribution is 7.90. The van der Waals surface area contributed by atoms with Gasteiger partial charge in [0.2, 0.25) is 0 Å². The van der Waals surface area contributed by atoms with Crippen molar-refractivity contribution in [2.75, 3.05) is 34.3 Å². The minimum absolute atomic E-state index is 0.00490. The highest BCUT2D eigenvalue weighted by Gasteiger charge is 2.48. The molecule has 2 amide bonds. The number of nitrogens with zero attached hydrogens (tertiary/aromatic N) is 2. The normalized spacial score (nSPS) is 37.7. The van der Waals surface area contributed by atoms with Crippen LogP contribution in [0.4, 0.5) is 4.79 Å². The van der Waals surface area contributed by atoms with Crippen LogP contribution in [0, 0.1) is 5.92 Å². The summed E-state index contributed by atoms with van der Waals surface area (Å²) in [6, 6.07) is 4.63. The molecule has 16 nitrogen and oxygen atoms in total. The monoisotopic (exact) mass is 863 g/mol. The lowest BCUT2D eigenvalue weighted by Gasteiger charge is -2.45. The van der Waals surface area contributed by atoms with Crippen molar-refractivity contribution in [3.63, 3.8) is 0 Å². The van der Waals surface area contributed by atoms with E-state index in [1.807, 2.05) is 21.0 Å². The Bertz CT molecular complexity index is 1620. The van der Waals surface area contributed by atoms with Gasteiger partial charge in [0.25, 0.3) is 10.0 Å². The van der Waals surface area contributed by atoms with Gasteiger partial charge in [0.05, 0.1) is 47.4 Å². The Hall–Kier alpha value is -2.16. The van der Waals surface area contributed by atoms with Gasteiger partial charge in [-0.25, -0.2) is 17.9 Å². The van der Waals surface area contributed by atoms with Gasteiger partial charge in [-0.2, -0.15) is 0 Å². The number of sulfonamides is 1. The number of cyclic esters (lactones) is 1. The lowest BCUT2D eigenvalue weighted by molar-refractivity contribution is -0.295. The Morgan fingerprint density at radius 3 is 2.41 bits per heavy atom. The van der Waals surface area contributed by atoms with Crippen LogP contribution < -0.4 is 4.72 Å². The van der Waals surface area contributed by atoms with E-state index < -0.39 is 94.9 Å². The predicted molar refractivity (Wildman–Crippen MR) is 214 cm³/mol. The number of nitrogens with one attached hydrogen (secondary N) is 1. The highest BCUT2D eigenvalue weighted by Crippen LogP contribution is 2.36. The summed E-state index contributed by atoms with van der Waals surface area (Å²) in [6.07, 6.45) is -4.30. The molecule has 0 saturated carbocycles. The second-order valence-corrected chi connectivity index (χ2v) is 18.9. The van der Waals surface area contributed by atoms with E-state index in [1.54, 1.807) is 27.7 Å². The number of hydrogen-bond donors (Lipinski definition) is 4. The summed E-state index contributed by atoms with van der Waals surface area (Å²) < 4.78 is 65.9. The number of benzene rings is 1. The van der Waals surface area contributed by atoms with E-state index in [-0.39, 0.29) is 47.9 Å². The van der Waals surface area contributed by atoms with Gasteiger partial charge < -0.3 is 53.5 Å². The number of rotatable bonds is 9. The topological polar surface area (TPSA) is 203 Å². The summed E-state index contributed by atoms with van der Waals surface area (Å²) in [5, 5.41) is 34.3. The molecule has 1 aromatic rings. The van der Waals surface area contributed by atoms with Crippen LogP contribution in [0.3, 0.4) is 0 Å². The average molecular weight is 864 g/mol. The number of methoxy groups -OCH3 is 1.